The summed E-state index contributed by atoms with van der Waals surface area (Å²) in [7, 11) is 0. The van der Waals surface area contributed by atoms with Crippen molar-refractivity contribution in [3.05, 3.63) is 64.4 Å². The Labute approximate surface area is 147 Å². The van der Waals surface area contributed by atoms with Crippen LogP contribution < -0.4 is 4.90 Å². The number of aromatic amines is 1. The van der Waals surface area contributed by atoms with Crippen LogP contribution in [0, 0.1) is 16.0 Å². The molecule has 1 aromatic carbocycles. The molecule has 0 spiro atoms. The second-order valence-corrected chi connectivity index (χ2v) is 6.19. The van der Waals surface area contributed by atoms with Gasteiger partial charge in [0, 0.05) is 38.9 Å². The molecular formula is C19H20N4S. The number of aromatic nitrogens is 1. The molecule has 1 fully saturated rings. The number of nitriles is 1. The second-order valence-electron chi connectivity index (χ2n) is 5.78. The summed E-state index contributed by atoms with van der Waals surface area (Å²) in [6, 6.07) is 14.5. The van der Waals surface area contributed by atoms with E-state index in [1.807, 2.05) is 18.3 Å². The Kier molecular flexibility index (Phi) is 5.42. The molecule has 0 unspecified atom stereocenters. The van der Waals surface area contributed by atoms with Crippen molar-refractivity contribution in [1.82, 2.24) is 9.88 Å². The van der Waals surface area contributed by atoms with Crippen LogP contribution in [0.1, 0.15) is 11.1 Å². The zero-order valence-electron chi connectivity index (χ0n) is 13.5. The molecular weight excluding hydrogens is 316 g/mol. The molecule has 24 heavy (non-hydrogen) atoms. The number of hydrogen-bond acceptors (Lipinski definition) is 4. The summed E-state index contributed by atoms with van der Waals surface area (Å²) in [5, 5.41) is 9.32. The molecule has 1 aliphatic heterocycles. The lowest BCUT2D eigenvalue weighted by Gasteiger charge is -2.35. The van der Waals surface area contributed by atoms with Gasteiger partial charge in [-0.25, -0.2) is 0 Å². The molecule has 5 heteroatoms. The van der Waals surface area contributed by atoms with Gasteiger partial charge in [0.25, 0.3) is 0 Å². The Balaban J connectivity index is 1.57. The van der Waals surface area contributed by atoms with Gasteiger partial charge in [-0.15, -0.1) is 0 Å². The molecule has 122 valence electrons. The lowest BCUT2D eigenvalue weighted by molar-refractivity contribution is 0.284. The first-order valence-corrected chi connectivity index (χ1v) is 8.49. The van der Waals surface area contributed by atoms with Crippen LogP contribution in [0.4, 0.5) is 5.69 Å². The van der Waals surface area contributed by atoms with Gasteiger partial charge in [0.2, 0.25) is 0 Å². The summed E-state index contributed by atoms with van der Waals surface area (Å²) in [5.74, 6) is 0. The number of nitrogens with one attached hydrogen (secondary N) is 1. The highest BCUT2D eigenvalue weighted by atomic mass is 32.1. The summed E-state index contributed by atoms with van der Waals surface area (Å²) in [6.07, 6.45) is 6.19. The largest absolute Gasteiger partial charge is 0.368 e. The monoisotopic (exact) mass is 336 g/mol. The van der Waals surface area contributed by atoms with Gasteiger partial charge >= 0.3 is 0 Å². The molecule has 1 N–H and O–H groups in total. The number of H-pyrrole nitrogens is 1. The van der Waals surface area contributed by atoms with Gasteiger partial charge in [-0.05, 0) is 11.6 Å². The number of rotatable bonds is 4. The van der Waals surface area contributed by atoms with Crippen LogP contribution in [0.15, 0.2) is 48.7 Å². The average molecular weight is 336 g/mol. The van der Waals surface area contributed by atoms with Gasteiger partial charge in [-0.1, -0.05) is 54.7 Å². The highest BCUT2D eigenvalue weighted by Crippen LogP contribution is 2.21. The molecule has 1 saturated heterocycles. The van der Waals surface area contributed by atoms with Gasteiger partial charge < -0.3 is 9.88 Å². The minimum atomic E-state index is 0.517. The van der Waals surface area contributed by atoms with Gasteiger partial charge in [-0.3, -0.25) is 4.90 Å². The smallest absolute Gasteiger partial charge is 0.123 e. The molecule has 0 radical (unpaired) electrons. The van der Waals surface area contributed by atoms with Gasteiger partial charge in [0.15, 0.2) is 0 Å². The summed E-state index contributed by atoms with van der Waals surface area (Å²) in [4.78, 5) is 7.60. The van der Waals surface area contributed by atoms with E-state index in [-0.39, 0.29) is 0 Å². The maximum absolute atomic E-state index is 9.32. The van der Waals surface area contributed by atoms with Gasteiger partial charge in [-0.2, -0.15) is 5.26 Å². The predicted octanol–water partition coefficient (Wildman–Crippen LogP) is 3.45. The zero-order valence-corrected chi connectivity index (χ0v) is 14.3. The third kappa shape index (κ3) is 3.91. The van der Waals surface area contributed by atoms with Crippen LogP contribution in [0.3, 0.4) is 0 Å². The fourth-order valence-corrected chi connectivity index (χ4v) is 3.13. The van der Waals surface area contributed by atoms with Gasteiger partial charge in [0.1, 0.15) is 16.3 Å². The van der Waals surface area contributed by atoms with Crippen LogP contribution in [-0.2, 0) is 0 Å². The number of anilines is 1. The van der Waals surface area contributed by atoms with Crippen molar-refractivity contribution in [3.8, 4) is 6.07 Å². The molecule has 4 nitrogen and oxygen atoms in total. The molecule has 2 aromatic rings. The Hall–Kier alpha value is -2.42. The maximum Gasteiger partial charge on any atom is 0.123 e. The Morgan fingerprint density at radius 2 is 1.88 bits per heavy atom. The first-order chi connectivity index (χ1) is 11.8. The van der Waals surface area contributed by atoms with Crippen molar-refractivity contribution >= 4 is 24.0 Å². The number of piperazine rings is 1. The Bertz CT molecular complexity index is 796. The minimum Gasteiger partial charge on any atom is -0.368 e. The number of nitrogens with zero attached hydrogens (tertiary/aromatic N) is 3. The quantitative estimate of drug-likeness (QED) is 0.869. The van der Waals surface area contributed by atoms with E-state index in [0.29, 0.717) is 10.2 Å². The second kappa shape index (κ2) is 7.91. The third-order valence-electron chi connectivity index (χ3n) is 4.24. The van der Waals surface area contributed by atoms with Crippen molar-refractivity contribution in [3.63, 3.8) is 0 Å². The minimum absolute atomic E-state index is 0.517. The lowest BCUT2D eigenvalue weighted by atomic mass is 10.2. The Morgan fingerprint density at radius 1 is 1.12 bits per heavy atom. The Morgan fingerprint density at radius 3 is 2.58 bits per heavy atom. The van der Waals surface area contributed by atoms with E-state index in [4.69, 9.17) is 12.2 Å². The number of pyridine rings is 1. The van der Waals surface area contributed by atoms with Crippen molar-refractivity contribution in [2.24, 2.45) is 0 Å². The molecule has 2 heterocycles. The highest BCUT2D eigenvalue weighted by molar-refractivity contribution is 7.71. The molecule has 3 rings (SSSR count). The first-order valence-electron chi connectivity index (χ1n) is 8.08. The van der Waals surface area contributed by atoms with Crippen LogP contribution in [0.5, 0.6) is 0 Å². The van der Waals surface area contributed by atoms with Crippen molar-refractivity contribution in [2.45, 2.75) is 0 Å². The molecule has 0 saturated carbocycles. The normalized spacial score (nSPS) is 15.5. The summed E-state index contributed by atoms with van der Waals surface area (Å²) in [5.41, 5.74) is 2.75. The van der Waals surface area contributed by atoms with Crippen molar-refractivity contribution < 1.29 is 0 Å². The number of benzene rings is 1. The first kappa shape index (κ1) is 16.4. The van der Waals surface area contributed by atoms with E-state index >= 15 is 0 Å². The molecule has 0 aliphatic carbocycles. The van der Waals surface area contributed by atoms with Crippen molar-refractivity contribution in [2.75, 3.05) is 37.6 Å². The lowest BCUT2D eigenvalue weighted by Crippen LogP contribution is -2.46. The van der Waals surface area contributed by atoms with Crippen molar-refractivity contribution in [1.29, 1.82) is 5.26 Å². The summed E-state index contributed by atoms with van der Waals surface area (Å²) < 4.78 is 0.517. The molecule has 0 amide bonds. The number of hydrogen-bond donors (Lipinski definition) is 1. The van der Waals surface area contributed by atoms with Crippen LogP contribution in [-0.4, -0.2) is 42.6 Å². The summed E-state index contributed by atoms with van der Waals surface area (Å²) in [6.45, 7) is 4.73. The van der Waals surface area contributed by atoms with E-state index in [9.17, 15) is 5.26 Å². The third-order valence-corrected chi connectivity index (χ3v) is 4.56. The SMILES string of the molecule is N#Cc1c(N2CCN(C/C=C/c3ccccc3)CC2)cc[nH]c1=S. The fraction of sp³-hybridized carbons (Fsp3) is 0.263. The fourth-order valence-electron chi connectivity index (χ4n) is 2.91. The highest BCUT2D eigenvalue weighted by Gasteiger charge is 2.19. The van der Waals surface area contributed by atoms with E-state index in [1.54, 1.807) is 0 Å². The molecule has 0 bridgehead atoms. The van der Waals surface area contributed by atoms with Crippen LogP contribution in [0.2, 0.25) is 0 Å². The van der Waals surface area contributed by atoms with E-state index in [0.717, 1.165) is 38.4 Å². The zero-order chi connectivity index (χ0) is 16.8. The van der Waals surface area contributed by atoms with Crippen LogP contribution in [0.25, 0.3) is 6.08 Å². The predicted molar refractivity (Wildman–Crippen MR) is 100 cm³/mol. The van der Waals surface area contributed by atoms with E-state index in [1.165, 1.54) is 5.56 Å². The topological polar surface area (TPSA) is 46.1 Å². The molecule has 1 aliphatic rings. The maximum atomic E-state index is 9.32. The van der Waals surface area contributed by atoms with Crippen LogP contribution >= 0.6 is 12.2 Å². The van der Waals surface area contributed by atoms with E-state index in [2.05, 4.69) is 57.3 Å². The average Bonchev–Trinajstić information content (AvgIpc) is 2.63. The standard InChI is InChI=1S/C19H20N4S/c20-15-17-18(8-9-21-19(17)24)23-13-11-22(12-14-23)10-4-7-16-5-2-1-3-6-16/h1-9H,10-14H2,(H,21,24)/b7-4+. The summed E-state index contributed by atoms with van der Waals surface area (Å²) >= 11 is 5.21. The van der Waals surface area contributed by atoms with E-state index < -0.39 is 0 Å². The molecule has 1 aromatic heterocycles. The molecule has 0 atom stereocenters. The van der Waals surface area contributed by atoms with Gasteiger partial charge in [0.05, 0.1) is 5.69 Å².